The van der Waals surface area contributed by atoms with Crippen LogP contribution < -0.4 is 0 Å². The van der Waals surface area contributed by atoms with Gasteiger partial charge in [0.2, 0.25) is 0 Å². The van der Waals surface area contributed by atoms with Crippen LogP contribution in [0.25, 0.3) is 83.6 Å². The molecule has 0 saturated carbocycles. The van der Waals surface area contributed by atoms with E-state index in [-0.39, 0.29) is 0 Å². The molecule has 5 heterocycles. The van der Waals surface area contributed by atoms with Gasteiger partial charge in [0.1, 0.15) is 11.3 Å². The SMILES string of the molecule is c1ccc(-n2ccc3c2ccc2c4ccccc4n(-c4ccc(-c5nc(-c6ccccn6)c6ccn(-c7ccccc7)c6n5)cc4)c23)cc1. The monoisotopic (exact) mass is 628 g/mol. The number of fused-ring (bicyclic) bond motifs is 6. The molecule has 0 aliphatic rings. The lowest BCUT2D eigenvalue weighted by Crippen LogP contribution is -2.00. The summed E-state index contributed by atoms with van der Waals surface area (Å²) < 4.78 is 6.76. The van der Waals surface area contributed by atoms with Gasteiger partial charge in [0.05, 0.1) is 22.2 Å². The van der Waals surface area contributed by atoms with Gasteiger partial charge in [-0.2, -0.15) is 0 Å². The smallest absolute Gasteiger partial charge is 0.162 e. The first kappa shape index (κ1) is 27.3. The summed E-state index contributed by atoms with van der Waals surface area (Å²) in [4.78, 5) is 14.9. The predicted octanol–water partition coefficient (Wildman–Crippen LogP) is 10.2. The van der Waals surface area contributed by atoms with Crippen LogP contribution in [0.2, 0.25) is 0 Å². The number of para-hydroxylation sites is 3. The van der Waals surface area contributed by atoms with E-state index in [0.717, 1.165) is 45.0 Å². The highest BCUT2D eigenvalue weighted by Gasteiger charge is 2.19. The standard InChI is InChI=1S/C43H28N6/c1-3-11-30(12-4-1)47-27-24-35-38(47)23-22-34-33-15-7-8-17-39(33)49(41(34)35)32-20-18-29(19-21-32)42-45-40(37-16-9-10-26-44-37)36-25-28-48(43(36)46-42)31-13-5-2-6-14-31/h1-28H. The molecule has 5 aromatic carbocycles. The van der Waals surface area contributed by atoms with E-state index in [2.05, 4.69) is 146 Å². The molecule has 0 aliphatic heterocycles. The van der Waals surface area contributed by atoms with E-state index in [1.807, 2.05) is 42.6 Å². The molecule has 5 aromatic heterocycles. The van der Waals surface area contributed by atoms with Crippen LogP contribution in [0, 0.1) is 0 Å². The number of hydrogen-bond donors (Lipinski definition) is 0. The third-order valence-corrected chi connectivity index (χ3v) is 9.41. The van der Waals surface area contributed by atoms with Crippen molar-refractivity contribution in [1.82, 2.24) is 28.7 Å². The van der Waals surface area contributed by atoms with Crippen molar-refractivity contribution >= 4 is 43.7 Å². The highest BCUT2D eigenvalue weighted by Crippen LogP contribution is 2.38. The zero-order chi connectivity index (χ0) is 32.3. The van der Waals surface area contributed by atoms with Crippen molar-refractivity contribution in [3.63, 3.8) is 0 Å². The normalized spacial score (nSPS) is 11.7. The molecule has 6 nitrogen and oxygen atoms in total. The number of rotatable bonds is 5. The molecule has 0 N–H and O–H groups in total. The number of aromatic nitrogens is 6. The van der Waals surface area contributed by atoms with Gasteiger partial charge in [-0.1, -0.05) is 66.7 Å². The Balaban J connectivity index is 1.16. The molecule has 0 unspecified atom stereocenters. The molecule has 6 heteroatoms. The first-order valence-corrected chi connectivity index (χ1v) is 16.4. The second-order valence-electron chi connectivity index (χ2n) is 12.2. The van der Waals surface area contributed by atoms with Crippen molar-refractivity contribution in [2.75, 3.05) is 0 Å². The second-order valence-corrected chi connectivity index (χ2v) is 12.2. The van der Waals surface area contributed by atoms with Crippen molar-refractivity contribution in [2.24, 2.45) is 0 Å². The lowest BCUT2D eigenvalue weighted by atomic mass is 10.1. The van der Waals surface area contributed by atoms with Gasteiger partial charge in [-0.25, -0.2) is 9.97 Å². The molecule has 0 amide bonds. The highest BCUT2D eigenvalue weighted by atomic mass is 15.1. The molecule has 10 rings (SSSR count). The minimum atomic E-state index is 0.653. The van der Waals surface area contributed by atoms with Gasteiger partial charge in [0.25, 0.3) is 0 Å². The van der Waals surface area contributed by atoms with Crippen LogP contribution >= 0.6 is 0 Å². The molecular weight excluding hydrogens is 601 g/mol. The van der Waals surface area contributed by atoms with E-state index in [4.69, 9.17) is 9.97 Å². The van der Waals surface area contributed by atoms with Crippen LogP contribution in [-0.4, -0.2) is 28.7 Å². The van der Waals surface area contributed by atoms with Crippen LogP contribution in [0.4, 0.5) is 0 Å². The Morgan fingerprint density at radius 2 is 1.12 bits per heavy atom. The number of pyridine rings is 1. The Kier molecular flexibility index (Phi) is 6.08. The average Bonchev–Trinajstić information content (AvgIpc) is 3.90. The van der Waals surface area contributed by atoms with Gasteiger partial charge in [-0.15, -0.1) is 0 Å². The molecule has 0 aliphatic carbocycles. The Hall–Kier alpha value is -6.79. The van der Waals surface area contributed by atoms with Gasteiger partial charge in [0.15, 0.2) is 5.82 Å². The van der Waals surface area contributed by atoms with E-state index in [9.17, 15) is 0 Å². The van der Waals surface area contributed by atoms with E-state index in [1.54, 1.807) is 0 Å². The summed E-state index contributed by atoms with van der Waals surface area (Å²) in [6.07, 6.45) is 6.03. The maximum atomic E-state index is 5.15. The maximum absolute atomic E-state index is 5.15. The summed E-state index contributed by atoms with van der Waals surface area (Å²) in [6.45, 7) is 0. The molecule has 49 heavy (non-hydrogen) atoms. The van der Waals surface area contributed by atoms with Crippen molar-refractivity contribution < 1.29 is 0 Å². The second kappa shape index (κ2) is 10.9. The molecule has 0 saturated heterocycles. The van der Waals surface area contributed by atoms with Crippen molar-refractivity contribution in [2.45, 2.75) is 0 Å². The summed E-state index contributed by atoms with van der Waals surface area (Å²) in [7, 11) is 0. The lowest BCUT2D eigenvalue weighted by Gasteiger charge is -2.12. The van der Waals surface area contributed by atoms with E-state index in [0.29, 0.717) is 5.82 Å². The van der Waals surface area contributed by atoms with E-state index in [1.165, 1.54) is 32.7 Å². The largest absolute Gasteiger partial charge is 0.316 e. The van der Waals surface area contributed by atoms with Crippen LogP contribution in [0.15, 0.2) is 170 Å². The first-order chi connectivity index (χ1) is 24.3. The summed E-state index contributed by atoms with van der Waals surface area (Å²) in [5.41, 5.74) is 10.2. The minimum absolute atomic E-state index is 0.653. The highest BCUT2D eigenvalue weighted by molar-refractivity contribution is 6.18. The Morgan fingerprint density at radius 1 is 0.429 bits per heavy atom. The Bertz CT molecular complexity index is 2790. The topological polar surface area (TPSA) is 53.5 Å². The van der Waals surface area contributed by atoms with Crippen molar-refractivity contribution in [3.05, 3.63) is 170 Å². The zero-order valence-corrected chi connectivity index (χ0v) is 26.3. The summed E-state index contributed by atoms with van der Waals surface area (Å²) >= 11 is 0. The quantitative estimate of drug-likeness (QED) is 0.191. The molecule has 0 fully saturated rings. The average molecular weight is 629 g/mol. The predicted molar refractivity (Wildman–Crippen MR) is 199 cm³/mol. The number of nitrogens with zero attached hydrogens (tertiary/aromatic N) is 6. The van der Waals surface area contributed by atoms with Crippen molar-refractivity contribution in [1.29, 1.82) is 0 Å². The van der Waals surface area contributed by atoms with Crippen LogP contribution in [0.1, 0.15) is 0 Å². The van der Waals surface area contributed by atoms with Gasteiger partial charge in [-0.05, 0) is 84.9 Å². The molecule has 0 spiro atoms. The summed E-state index contributed by atoms with van der Waals surface area (Å²) in [5, 5.41) is 4.62. The third-order valence-electron chi connectivity index (χ3n) is 9.41. The number of hydrogen-bond acceptors (Lipinski definition) is 3. The Labute approximate surface area is 281 Å². The summed E-state index contributed by atoms with van der Waals surface area (Å²) in [5.74, 6) is 0.653. The first-order valence-electron chi connectivity index (χ1n) is 16.4. The molecule has 0 bridgehead atoms. The fourth-order valence-electron chi connectivity index (χ4n) is 7.16. The maximum Gasteiger partial charge on any atom is 0.162 e. The molecule has 0 atom stereocenters. The van der Waals surface area contributed by atoms with Crippen LogP contribution in [-0.2, 0) is 0 Å². The lowest BCUT2D eigenvalue weighted by molar-refractivity contribution is 1.08. The van der Waals surface area contributed by atoms with Gasteiger partial charge < -0.3 is 13.7 Å². The fraction of sp³-hybridized carbons (Fsp3) is 0. The van der Waals surface area contributed by atoms with Crippen LogP contribution in [0.5, 0.6) is 0 Å². The fourth-order valence-corrected chi connectivity index (χ4v) is 7.16. The molecule has 230 valence electrons. The molecular formula is C43H28N6. The van der Waals surface area contributed by atoms with Crippen LogP contribution in [0.3, 0.4) is 0 Å². The van der Waals surface area contributed by atoms with E-state index < -0.39 is 0 Å². The van der Waals surface area contributed by atoms with Gasteiger partial charge in [-0.3, -0.25) is 4.98 Å². The Morgan fingerprint density at radius 3 is 1.90 bits per heavy atom. The minimum Gasteiger partial charge on any atom is -0.316 e. The zero-order valence-electron chi connectivity index (χ0n) is 26.3. The third kappa shape index (κ3) is 4.31. The van der Waals surface area contributed by atoms with Gasteiger partial charge >= 0.3 is 0 Å². The van der Waals surface area contributed by atoms with Gasteiger partial charge in [0, 0.05) is 62.8 Å². The molecule has 10 aromatic rings. The van der Waals surface area contributed by atoms with Crippen molar-refractivity contribution in [3.8, 4) is 39.8 Å². The van der Waals surface area contributed by atoms with E-state index >= 15 is 0 Å². The number of benzene rings is 5. The molecule has 0 radical (unpaired) electrons. The summed E-state index contributed by atoms with van der Waals surface area (Å²) in [6, 6.07) is 52.8.